The molecule has 0 saturated carbocycles. The van der Waals surface area contributed by atoms with Crippen LogP contribution in [0.4, 0.5) is 0 Å². The molecule has 2 aromatic rings. The molecular weight excluding hydrogens is 268 g/mol. The fraction of sp³-hybridized carbons (Fsp3) is 0.235. The zero-order valence-electron chi connectivity index (χ0n) is 12.1. The normalized spacial score (nSPS) is 11.7. The van der Waals surface area contributed by atoms with Crippen LogP contribution in [0.3, 0.4) is 0 Å². The van der Waals surface area contributed by atoms with Crippen LogP contribution in [-0.4, -0.2) is 24.3 Å². The summed E-state index contributed by atoms with van der Waals surface area (Å²) in [7, 11) is 1.56. The van der Waals surface area contributed by atoms with Crippen molar-refractivity contribution in [3.8, 4) is 11.5 Å². The third-order valence-corrected chi connectivity index (χ3v) is 3.17. The van der Waals surface area contributed by atoms with Crippen LogP contribution >= 0.6 is 0 Å². The topological polar surface area (TPSA) is 55.8 Å². The van der Waals surface area contributed by atoms with E-state index in [1.54, 1.807) is 25.3 Å². The lowest BCUT2D eigenvalue weighted by molar-refractivity contribution is -0.145. The Labute approximate surface area is 123 Å². The van der Waals surface area contributed by atoms with E-state index in [0.717, 1.165) is 11.1 Å². The lowest BCUT2D eigenvalue weighted by Crippen LogP contribution is -2.29. The predicted molar refractivity (Wildman–Crippen MR) is 79.9 cm³/mol. The lowest BCUT2D eigenvalue weighted by atomic mass is 10.1. The summed E-state index contributed by atoms with van der Waals surface area (Å²) in [4.78, 5) is 11.4. The van der Waals surface area contributed by atoms with Crippen LogP contribution in [0.25, 0.3) is 0 Å². The predicted octanol–water partition coefficient (Wildman–Crippen LogP) is 3.08. The summed E-state index contributed by atoms with van der Waals surface area (Å²) in [5.74, 6) is 0.209. The first-order valence-corrected chi connectivity index (χ1v) is 6.68. The van der Waals surface area contributed by atoms with Crippen molar-refractivity contribution >= 4 is 5.97 Å². The van der Waals surface area contributed by atoms with Crippen molar-refractivity contribution in [3.63, 3.8) is 0 Å². The highest BCUT2D eigenvalue weighted by molar-refractivity contribution is 5.73. The first-order chi connectivity index (χ1) is 10.1. The molecule has 0 bridgehead atoms. The van der Waals surface area contributed by atoms with Gasteiger partial charge < -0.3 is 14.6 Å². The van der Waals surface area contributed by atoms with Crippen molar-refractivity contribution in [1.29, 1.82) is 0 Å². The number of hydrogen-bond donors (Lipinski definition) is 1. The van der Waals surface area contributed by atoms with Crippen molar-refractivity contribution in [3.05, 3.63) is 59.7 Å². The fourth-order valence-corrected chi connectivity index (χ4v) is 2.03. The minimum absolute atomic E-state index is 0.243. The third-order valence-electron chi connectivity index (χ3n) is 3.17. The number of para-hydroxylation sites is 1. The third kappa shape index (κ3) is 3.99. The maximum atomic E-state index is 11.4. The Kier molecular flexibility index (Phi) is 4.82. The first-order valence-electron chi connectivity index (χ1n) is 6.68. The molecule has 0 amide bonds. The van der Waals surface area contributed by atoms with Crippen LogP contribution < -0.4 is 9.47 Å². The van der Waals surface area contributed by atoms with Gasteiger partial charge in [0.15, 0.2) is 6.10 Å². The first kappa shape index (κ1) is 14.9. The van der Waals surface area contributed by atoms with Crippen LogP contribution in [0, 0.1) is 6.92 Å². The van der Waals surface area contributed by atoms with Gasteiger partial charge >= 0.3 is 5.97 Å². The average Bonchev–Trinajstić information content (AvgIpc) is 2.49. The minimum Gasteiger partial charge on any atom is -0.496 e. The number of ether oxygens (including phenoxy) is 2. The Bertz CT molecular complexity index is 604. The number of benzene rings is 2. The van der Waals surface area contributed by atoms with E-state index in [9.17, 15) is 9.90 Å². The van der Waals surface area contributed by atoms with E-state index < -0.39 is 12.1 Å². The van der Waals surface area contributed by atoms with Gasteiger partial charge in [-0.25, -0.2) is 4.79 Å². The summed E-state index contributed by atoms with van der Waals surface area (Å²) in [6.07, 6.45) is -0.711. The molecule has 0 aromatic heterocycles. The van der Waals surface area contributed by atoms with Gasteiger partial charge in [0.05, 0.1) is 7.11 Å². The van der Waals surface area contributed by atoms with Crippen LogP contribution in [-0.2, 0) is 11.2 Å². The Morgan fingerprint density at radius 2 is 1.81 bits per heavy atom. The molecule has 0 radical (unpaired) electrons. The number of carboxylic acids is 1. The molecule has 2 rings (SSSR count). The number of methoxy groups -OCH3 is 1. The number of rotatable bonds is 6. The number of carbonyl (C=O) groups is 1. The molecule has 0 aliphatic carbocycles. The summed E-state index contributed by atoms with van der Waals surface area (Å²) in [5.41, 5.74) is 1.90. The van der Waals surface area contributed by atoms with Crippen molar-refractivity contribution in [2.75, 3.05) is 7.11 Å². The largest absolute Gasteiger partial charge is 0.496 e. The highest BCUT2D eigenvalue weighted by atomic mass is 16.5. The molecule has 110 valence electrons. The van der Waals surface area contributed by atoms with Gasteiger partial charge in [-0.15, -0.1) is 0 Å². The summed E-state index contributed by atoms with van der Waals surface area (Å²) in [5, 5.41) is 9.35. The Morgan fingerprint density at radius 1 is 1.14 bits per heavy atom. The van der Waals surface area contributed by atoms with Crippen LogP contribution in [0.1, 0.15) is 11.1 Å². The van der Waals surface area contributed by atoms with E-state index in [1.165, 1.54) is 0 Å². The molecule has 0 aliphatic rings. The van der Waals surface area contributed by atoms with Gasteiger partial charge in [0.2, 0.25) is 0 Å². The van der Waals surface area contributed by atoms with Gasteiger partial charge in [0.25, 0.3) is 0 Å². The Morgan fingerprint density at radius 3 is 2.43 bits per heavy atom. The molecule has 2 aromatic carbocycles. The number of aryl methyl sites for hydroxylation is 1. The second-order valence-electron chi connectivity index (χ2n) is 4.77. The number of aliphatic carboxylic acids is 1. The smallest absolute Gasteiger partial charge is 0.345 e. The molecule has 0 saturated heterocycles. The molecule has 0 spiro atoms. The van der Waals surface area contributed by atoms with Gasteiger partial charge in [-0.2, -0.15) is 0 Å². The zero-order chi connectivity index (χ0) is 15.2. The quantitative estimate of drug-likeness (QED) is 0.886. The van der Waals surface area contributed by atoms with Gasteiger partial charge in [-0.3, -0.25) is 0 Å². The number of hydrogen-bond acceptors (Lipinski definition) is 3. The Hall–Kier alpha value is -2.49. The highest BCUT2D eigenvalue weighted by Crippen LogP contribution is 2.21. The van der Waals surface area contributed by atoms with E-state index in [-0.39, 0.29) is 6.42 Å². The van der Waals surface area contributed by atoms with E-state index in [1.807, 2.05) is 37.3 Å². The van der Waals surface area contributed by atoms with E-state index >= 15 is 0 Å². The Balaban J connectivity index is 2.16. The summed E-state index contributed by atoms with van der Waals surface area (Å²) in [6, 6.07) is 14.7. The van der Waals surface area contributed by atoms with Crippen LogP contribution in [0.2, 0.25) is 0 Å². The van der Waals surface area contributed by atoms with E-state index in [0.29, 0.717) is 11.5 Å². The fourth-order valence-electron chi connectivity index (χ4n) is 2.03. The molecular formula is C17H18O4. The molecule has 21 heavy (non-hydrogen) atoms. The van der Waals surface area contributed by atoms with Gasteiger partial charge in [0, 0.05) is 6.42 Å². The van der Waals surface area contributed by atoms with Crippen LogP contribution in [0.5, 0.6) is 11.5 Å². The van der Waals surface area contributed by atoms with Gasteiger partial charge in [0.1, 0.15) is 11.5 Å². The van der Waals surface area contributed by atoms with Gasteiger partial charge in [-0.1, -0.05) is 35.9 Å². The monoisotopic (exact) mass is 286 g/mol. The SMILES string of the molecule is COc1ccccc1C[C@@H](Oc1ccc(C)cc1)C(=O)O. The second kappa shape index (κ2) is 6.79. The average molecular weight is 286 g/mol. The molecule has 0 aliphatic heterocycles. The zero-order valence-corrected chi connectivity index (χ0v) is 12.1. The van der Waals surface area contributed by atoms with Crippen molar-refractivity contribution in [2.24, 2.45) is 0 Å². The molecule has 1 atom stereocenters. The molecule has 4 nitrogen and oxygen atoms in total. The molecule has 0 unspecified atom stereocenters. The second-order valence-corrected chi connectivity index (χ2v) is 4.77. The summed E-state index contributed by atoms with van der Waals surface area (Å²) in [6.45, 7) is 1.97. The molecule has 4 heteroatoms. The standard InChI is InChI=1S/C17H18O4/c1-12-7-9-14(10-8-12)21-16(17(18)19)11-13-5-3-4-6-15(13)20-2/h3-10,16H,11H2,1-2H3,(H,18,19)/t16-/m1/s1. The maximum Gasteiger partial charge on any atom is 0.345 e. The van der Waals surface area contributed by atoms with Crippen LogP contribution in [0.15, 0.2) is 48.5 Å². The molecule has 0 fully saturated rings. The number of carboxylic acid groups (broad SMARTS) is 1. The summed E-state index contributed by atoms with van der Waals surface area (Å²) < 4.78 is 10.8. The minimum atomic E-state index is -0.999. The van der Waals surface area contributed by atoms with Gasteiger partial charge in [-0.05, 0) is 30.7 Å². The van der Waals surface area contributed by atoms with Crippen molar-refractivity contribution in [1.82, 2.24) is 0 Å². The maximum absolute atomic E-state index is 11.4. The van der Waals surface area contributed by atoms with E-state index in [2.05, 4.69) is 0 Å². The van der Waals surface area contributed by atoms with Crippen molar-refractivity contribution < 1.29 is 19.4 Å². The highest BCUT2D eigenvalue weighted by Gasteiger charge is 2.21. The summed E-state index contributed by atoms with van der Waals surface area (Å²) >= 11 is 0. The molecule has 0 heterocycles. The van der Waals surface area contributed by atoms with Crippen molar-refractivity contribution in [2.45, 2.75) is 19.4 Å². The molecule has 1 N–H and O–H groups in total. The van der Waals surface area contributed by atoms with E-state index in [4.69, 9.17) is 9.47 Å². The lowest BCUT2D eigenvalue weighted by Gasteiger charge is -2.17.